The number of nitrogens with zero attached hydrogens (tertiary/aromatic N) is 1. The summed E-state index contributed by atoms with van der Waals surface area (Å²) in [6, 6.07) is 8.52. The number of nitrogens with one attached hydrogen (secondary N) is 1. The molecule has 1 spiro atoms. The summed E-state index contributed by atoms with van der Waals surface area (Å²) in [7, 11) is 2.04. The van der Waals surface area contributed by atoms with Gasteiger partial charge in [-0.3, -0.25) is 4.79 Å². The van der Waals surface area contributed by atoms with Gasteiger partial charge in [0, 0.05) is 54.9 Å². The maximum Gasteiger partial charge on any atom is 0.230 e. The summed E-state index contributed by atoms with van der Waals surface area (Å²) in [6.45, 7) is 2.25. The van der Waals surface area contributed by atoms with Crippen LogP contribution in [0.15, 0.2) is 35.4 Å². The molecule has 6 heteroatoms. The Morgan fingerprint density at radius 3 is 2.96 bits per heavy atom. The summed E-state index contributed by atoms with van der Waals surface area (Å²) in [5.74, 6) is 0.554. The highest BCUT2D eigenvalue weighted by molar-refractivity contribution is 8.00. The van der Waals surface area contributed by atoms with E-state index in [0.717, 1.165) is 50.4 Å². The zero-order chi connectivity index (χ0) is 18.0. The number of thioether (sulfide) groups is 1. The Bertz CT molecular complexity index is 777. The van der Waals surface area contributed by atoms with Gasteiger partial charge in [0.25, 0.3) is 0 Å². The molecule has 1 aromatic heterocycles. The number of aryl methyl sites for hydroxylation is 1. The van der Waals surface area contributed by atoms with Crippen molar-refractivity contribution in [1.29, 1.82) is 0 Å². The highest BCUT2D eigenvalue weighted by Gasteiger charge is 2.39. The topological polar surface area (TPSA) is 52.5 Å². The quantitative estimate of drug-likeness (QED) is 0.836. The average molecular weight is 375 g/mol. The van der Waals surface area contributed by atoms with E-state index in [2.05, 4.69) is 28.2 Å². The number of rotatable bonds is 4. The largest absolute Gasteiger partial charge is 0.381 e. The van der Waals surface area contributed by atoms with E-state index >= 15 is 0 Å². The highest BCUT2D eigenvalue weighted by Crippen LogP contribution is 2.34. The fourth-order valence-corrected chi connectivity index (χ4v) is 5.01. The fourth-order valence-electron chi connectivity index (χ4n) is 4.07. The van der Waals surface area contributed by atoms with Gasteiger partial charge in [-0.05, 0) is 31.7 Å². The Morgan fingerprint density at radius 1 is 1.31 bits per heavy atom. The van der Waals surface area contributed by atoms with Crippen molar-refractivity contribution >= 4 is 28.6 Å². The van der Waals surface area contributed by atoms with Crippen molar-refractivity contribution in [2.24, 2.45) is 7.05 Å². The lowest BCUT2D eigenvalue weighted by atomic mass is 9.84. The first-order valence-corrected chi connectivity index (χ1v) is 10.3. The Kier molecular flexibility index (Phi) is 5.25. The van der Waals surface area contributed by atoms with Gasteiger partial charge >= 0.3 is 0 Å². The number of amides is 1. The maximum absolute atomic E-state index is 12.5. The molecule has 2 saturated heterocycles. The van der Waals surface area contributed by atoms with Crippen molar-refractivity contribution < 1.29 is 14.3 Å². The van der Waals surface area contributed by atoms with Gasteiger partial charge in [-0.25, -0.2) is 0 Å². The van der Waals surface area contributed by atoms with Gasteiger partial charge in [-0.2, -0.15) is 0 Å². The second-order valence-corrected chi connectivity index (χ2v) is 8.33. The zero-order valence-electron chi connectivity index (χ0n) is 15.2. The van der Waals surface area contributed by atoms with Crippen LogP contribution in [0.3, 0.4) is 0 Å². The third-order valence-corrected chi connectivity index (χ3v) is 6.52. The van der Waals surface area contributed by atoms with Gasteiger partial charge in [-0.15, -0.1) is 11.8 Å². The summed E-state index contributed by atoms with van der Waals surface area (Å²) in [5.41, 5.74) is 1.11. The molecule has 140 valence electrons. The SMILES string of the molecule is Cn1cc(SCC(=O)N[C@@H]2CCOC3(CCOCC3)C2)c2ccccc21. The van der Waals surface area contributed by atoms with E-state index in [1.54, 1.807) is 11.8 Å². The molecule has 2 aliphatic rings. The molecular formula is C20H26N2O3S. The van der Waals surface area contributed by atoms with E-state index in [1.807, 2.05) is 19.2 Å². The number of carbonyl (C=O) groups is 1. The Labute approximate surface area is 158 Å². The predicted molar refractivity (Wildman–Crippen MR) is 104 cm³/mol. The average Bonchev–Trinajstić information content (AvgIpc) is 2.97. The molecule has 0 unspecified atom stereocenters. The molecule has 1 atom stereocenters. The summed E-state index contributed by atoms with van der Waals surface area (Å²) in [6.07, 6.45) is 5.77. The predicted octanol–water partition coefficient (Wildman–Crippen LogP) is 3.11. The van der Waals surface area contributed by atoms with Crippen LogP contribution in [0.5, 0.6) is 0 Å². The number of hydrogen-bond donors (Lipinski definition) is 1. The third-order valence-electron chi connectivity index (χ3n) is 5.48. The van der Waals surface area contributed by atoms with Gasteiger partial charge in [0.15, 0.2) is 0 Å². The molecule has 2 fully saturated rings. The lowest BCUT2D eigenvalue weighted by molar-refractivity contribution is -0.143. The number of hydrogen-bond acceptors (Lipinski definition) is 4. The Balaban J connectivity index is 1.33. The Morgan fingerprint density at radius 2 is 2.12 bits per heavy atom. The van der Waals surface area contributed by atoms with Crippen LogP contribution < -0.4 is 5.32 Å². The van der Waals surface area contributed by atoms with E-state index in [9.17, 15) is 4.79 Å². The van der Waals surface area contributed by atoms with Crippen LogP contribution in [0, 0.1) is 0 Å². The minimum atomic E-state index is -0.0861. The first-order chi connectivity index (χ1) is 12.7. The molecule has 0 aliphatic carbocycles. The minimum Gasteiger partial charge on any atom is -0.381 e. The van der Waals surface area contributed by atoms with Crippen LogP contribution in [-0.4, -0.2) is 47.7 Å². The molecule has 4 rings (SSSR count). The summed E-state index contributed by atoms with van der Waals surface area (Å²) in [5, 5.41) is 4.44. The van der Waals surface area contributed by atoms with Crippen molar-refractivity contribution in [3.63, 3.8) is 0 Å². The van der Waals surface area contributed by atoms with Crippen molar-refractivity contribution in [1.82, 2.24) is 9.88 Å². The van der Waals surface area contributed by atoms with Crippen molar-refractivity contribution in [3.8, 4) is 0 Å². The molecule has 0 saturated carbocycles. The van der Waals surface area contributed by atoms with Gasteiger partial charge in [-0.1, -0.05) is 18.2 Å². The first-order valence-electron chi connectivity index (χ1n) is 9.33. The van der Waals surface area contributed by atoms with Crippen molar-refractivity contribution in [2.45, 2.75) is 42.2 Å². The van der Waals surface area contributed by atoms with Crippen LogP contribution in [0.1, 0.15) is 25.7 Å². The second kappa shape index (κ2) is 7.62. The number of para-hydroxylation sites is 1. The van der Waals surface area contributed by atoms with Crippen molar-refractivity contribution in [2.75, 3.05) is 25.6 Å². The Hall–Kier alpha value is -1.50. The van der Waals surface area contributed by atoms with Gasteiger partial charge < -0.3 is 19.4 Å². The van der Waals surface area contributed by atoms with Gasteiger partial charge in [0.05, 0.1) is 11.4 Å². The van der Waals surface area contributed by atoms with Crippen molar-refractivity contribution in [3.05, 3.63) is 30.5 Å². The number of aromatic nitrogens is 1. The molecule has 1 aromatic carbocycles. The molecular weight excluding hydrogens is 348 g/mol. The normalized spacial score (nSPS) is 22.6. The fraction of sp³-hybridized carbons (Fsp3) is 0.550. The lowest BCUT2D eigenvalue weighted by Gasteiger charge is -2.43. The molecule has 0 radical (unpaired) electrons. The van der Waals surface area contributed by atoms with Gasteiger partial charge in [0.1, 0.15) is 0 Å². The van der Waals surface area contributed by atoms with E-state index in [-0.39, 0.29) is 17.6 Å². The zero-order valence-corrected chi connectivity index (χ0v) is 16.0. The van der Waals surface area contributed by atoms with Crippen LogP contribution in [0.2, 0.25) is 0 Å². The number of ether oxygens (including phenoxy) is 2. The molecule has 1 N–H and O–H groups in total. The van der Waals surface area contributed by atoms with Crippen LogP contribution >= 0.6 is 11.8 Å². The second-order valence-electron chi connectivity index (χ2n) is 7.31. The number of carbonyl (C=O) groups excluding carboxylic acids is 1. The summed E-state index contributed by atoms with van der Waals surface area (Å²) in [4.78, 5) is 13.7. The monoisotopic (exact) mass is 374 g/mol. The molecule has 5 nitrogen and oxygen atoms in total. The van der Waals surface area contributed by atoms with E-state index in [4.69, 9.17) is 9.47 Å². The highest BCUT2D eigenvalue weighted by atomic mass is 32.2. The smallest absolute Gasteiger partial charge is 0.230 e. The molecule has 2 aliphatic heterocycles. The molecule has 1 amide bonds. The maximum atomic E-state index is 12.5. The van der Waals surface area contributed by atoms with Crippen LogP contribution in [-0.2, 0) is 21.3 Å². The third kappa shape index (κ3) is 3.77. The summed E-state index contributed by atoms with van der Waals surface area (Å²) >= 11 is 1.61. The molecule has 0 bridgehead atoms. The molecule has 26 heavy (non-hydrogen) atoms. The van der Waals surface area contributed by atoms with E-state index in [1.165, 1.54) is 10.9 Å². The lowest BCUT2D eigenvalue weighted by Crippen LogP contribution is -2.51. The number of benzene rings is 1. The van der Waals surface area contributed by atoms with Crippen LogP contribution in [0.4, 0.5) is 0 Å². The molecule has 2 aromatic rings. The van der Waals surface area contributed by atoms with Crippen LogP contribution in [0.25, 0.3) is 10.9 Å². The van der Waals surface area contributed by atoms with E-state index in [0.29, 0.717) is 5.75 Å². The number of fused-ring (bicyclic) bond motifs is 1. The molecule has 3 heterocycles. The van der Waals surface area contributed by atoms with Gasteiger partial charge in [0.2, 0.25) is 5.91 Å². The van der Waals surface area contributed by atoms with E-state index < -0.39 is 0 Å². The summed E-state index contributed by atoms with van der Waals surface area (Å²) < 4.78 is 13.6. The minimum absolute atomic E-state index is 0.0861. The standard InChI is InChI=1S/C20H26N2O3S/c1-22-13-18(16-4-2-3-5-17(16)22)26-14-19(23)21-15-6-9-25-20(12-15)7-10-24-11-8-20/h2-5,13,15H,6-12,14H2,1H3,(H,21,23)/t15-/m1/s1. The first kappa shape index (κ1) is 17.9.